The predicted molar refractivity (Wildman–Crippen MR) is 273 cm³/mol. The standard InChI is InChI=1S/C63H46N2/c1-62(2)53-25-13-11-22-49(53)60-50(23-16-26-54(60)62)59-47-21-9-8-20-46(47)58(39-29-31-40(32-30-39)61-64-56-27-14-15-28-57(56)65(61)43-17-6-5-7-18-43)48-36-34-41(37-51(48)59)42-33-35-45-44-19-10-12-24-52(44)63(3,4)55(45)38-42/h5-38H,1-4H3. The average Bonchev–Trinajstić information content (AvgIpc) is 3.93. The molecule has 11 aromatic rings. The molecule has 13 rings (SSSR count). The summed E-state index contributed by atoms with van der Waals surface area (Å²) in [5.74, 6) is 0.931. The van der Waals surface area contributed by atoms with Gasteiger partial charge in [0.1, 0.15) is 5.82 Å². The fourth-order valence-corrected chi connectivity index (χ4v) is 11.6. The SMILES string of the molecule is CC1(C)c2ccccc2-c2ccc(-c3ccc4c(-c5ccc(-c6nc7ccccc7n6-c6ccccc6)cc5)c5ccccc5c(-c5cccc6c5-c5ccccc5C6(C)C)c4c3)cc21. The van der Waals surface area contributed by atoms with Gasteiger partial charge >= 0.3 is 0 Å². The first-order chi connectivity index (χ1) is 31.8. The Balaban J connectivity index is 1.06. The van der Waals surface area contributed by atoms with Crippen LogP contribution in [0, 0.1) is 0 Å². The molecular weight excluding hydrogens is 785 g/mol. The van der Waals surface area contributed by atoms with Gasteiger partial charge < -0.3 is 0 Å². The zero-order valence-corrected chi connectivity index (χ0v) is 37.0. The summed E-state index contributed by atoms with van der Waals surface area (Å²) < 4.78 is 2.28. The number of hydrogen-bond acceptors (Lipinski definition) is 1. The third-order valence-electron chi connectivity index (χ3n) is 14.8. The molecule has 10 aromatic carbocycles. The molecule has 0 fully saturated rings. The van der Waals surface area contributed by atoms with Crippen molar-refractivity contribution in [2.45, 2.75) is 38.5 Å². The molecule has 65 heavy (non-hydrogen) atoms. The van der Waals surface area contributed by atoms with Gasteiger partial charge in [0.15, 0.2) is 0 Å². The first-order valence-corrected chi connectivity index (χ1v) is 22.9. The Morgan fingerprint density at radius 2 is 0.877 bits per heavy atom. The van der Waals surface area contributed by atoms with E-state index in [1.807, 2.05) is 0 Å². The lowest BCUT2D eigenvalue weighted by molar-refractivity contribution is 0.660. The van der Waals surface area contributed by atoms with Crippen LogP contribution < -0.4 is 0 Å². The van der Waals surface area contributed by atoms with Crippen LogP contribution in [0.4, 0.5) is 0 Å². The second-order valence-electron chi connectivity index (χ2n) is 19.1. The Kier molecular flexibility index (Phi) is 8.03. The molecule has 0 unspecified atom stereocenters. The van der Waals surface area contributed by atoms with Crippen molar-refractivity contribution >= 4 is 32.6 Å². The molecule has 0 bridgehead atoms. The lowest BCUT2D eigenvalue weighted by Crippen LogP contribution is -2.14. The van der Waals surface area contributed by atoms with Crippen LogP contribution in [0.3, 0.4) is 0 Å². The zero-order chi connectivity index (χ0) is 43.6. The van der Waals surface area contributed by atoms with E-state index in [2.05, 4.69) is 239 Å². The lowest BCUT2D eigenvalue weighted by atomic mass is 9.80. The summed E-state index contributed by atoms with van der Waals surface area (Å²) in [5, 5.41) is 4.99. The van der Waals surface area contributed by atoms with Crippen molar-refractivity contribution in [3.05, 3.63) is 229 Å². The van der Waals surface area contributed by atoms with Gasteiger partial charge in [0.25, 0.3) is 0 Å². The van der Waals surface area contributed by atoms with E-state index in [9.17, 15) is 0 Å². The van der Waals surface area contributed by atoms with E-state index in [1.54, 1.807) is 0 Å². The number of fused-ring (bicyclic) bond motifs is 9. The number of aromatic nitrogens is 2. The lowest BCUT2D eigenvalue weighted by Gasteiger charge is -2.23. The maximum absolute atomic E-state index is 5.21. The van der Waals surface area contributed by atoms with Crippen molar-refractivity contribution in [1.29, 1.82) is 0 Å². The summed E-state index contributed by atoms with van der Waals surface area (Å²) in [7, 11) is 0. The maximum Gasteiger partial charge on any atom is 0.145 e. The summed E-state index contributed by atoms with van der Waals surface area (Å²) >= 11 is 0. The van der Waals surface area contributed by atoms with Gasteiger partial charge in [0.05, 0.1) is 11.0 Å². The maximum atomic E-state index is 5.21. The second kappa shape index (κ2) is 13.8. The monoisotopic (exact) mass is 830 g/mol. The van der Waals surface area contributed by atoms with E-state index in [0.29, 0.717) is 0 Å². The molecule has 2 heteroatoms. The zero-order valence-electron chi connectivity index (χ0n) is 37.0. The van der Waals surface area contributed by atoms with Crippen LogP contribution in [-0.4, -0.2) is 9.55 Å². The third-order valence-corrected chi connectivity index (χ3v) is 14.8. The molecule has 0 spiro atoms. The van der Waals surface area contributed by atoms with Crippen molar-refractivity contribution in [2.75, 3.05) is 0 Å². The molecule has 0 saturated heterocycles. The van der Waals surface area contributed by atoms with Crippen molar-refractivity contribution in [3.8, 4) is 72.7 Å². The van der Waals surface area contributed by atoms with Gasteiger partial charge in [0, 0.05) is 22.1 Å². The number of benzene rings is 10. The summed E-state index contributed by atoms with van der Waals surface area (Å²) in [6.45, 7) is 9.50. The third kappa shape index (κ3) is 5.44. The largest absolute Gasteiger partial charge is 0.292 e. The van der Waals surface area contributed by atoms with Crippen molar-refractivity contribution in [2.24, 2.45) is 0 Å². The number of para-hydroxylation sites is 3. The average molecular weight is 831 g/mol. The van der Waals surface area contributed by atoms with Gasteiger partial charge in [-0.25, -0.2) is 4.98 Å². The highest BCUT2D eigenvalue weighted by atomic mass is 15.1. The minimum atomic E-state index is -0.115. The molecule has 308 valence electrons. The van der Waals surface area contributed by atoms with E-state index in [1.165, 1.54) is 99.4 Å². The normalized spacial score (nSPS) is 14.1. The van der Waals surface area contributed by atoms with Crippen LogP contribution >= 0.6 is 0 Å². The fourth-order valence-electron chi connectivity index (χ4n) is 11.6. The topological polar surface area (TPSA) is 17.8 Å². The van der Waals surface area contributed by atoms with Crippen LogP contribution in [0.1, 0.15) is 49.9 Å². The smallest absolute Gasteiger partial charge is 0.145 e. The number of imidazole rings is 1. The van der Waals surface area contributed by atoms with Crippen molar-refractivity contribution in [3.63, 3.8) is 0 Å². The molecule has 0 saturated carbocycles. The Bertz CT molecular complexity index is 3750. The Hall–Kier alpha value is -7.81. The van der Waals surface area contributed by atoms with Crippen LogP contribution in [0.25, 0.3) is 105 Å². The molecular formula is C63H46N2. The molecule has 2 nitrogen and oxygen atoms in total. The molecule has 0 N–H and O–H groups in total. The minimum Gasteiger partial charge on any atom is -0.292 e. The van der Waals surface area contributed by atoms with Crippen molar-refractivity contribution < 1.29 is 0 Å². The Morgan fingerprint density at radius 3 is 1.68 bits per heavy atom. The van der Waals surface area contributed by atoms with Crippen LogP contribution in [-0.2, 0) is 10.8 Å². The van der Waals surface area contributed by atoms with Gasteiger partial charge in [-0.1, -0.05) is 198 Å². The fraction of sp³-hybridized carbons (Fsp3) is 0.0952. The van der Waals surface area contributed by atoms with Crippen LogP contribution in [0.2, 0.25) is 0 Å². The molecule has 0 atom stereocenters. The summed E-state index contributed by atoms with van der Waals surface area (Å²) in [4.78, 5) is 5.21. The van der Waals surface area contributed by atoms with Crippen LogP contribution in [0.15, 0.2) is 206 Å². The molecule has 0 aliphatic heterocycles. The molecule has 2 aliphatic carbocycles. The van der Waals surface area contributed by atoms with Crippen molar-refractivity contribution in [1.82, 2.24) is 9.55 Å². The summed E-state index contributed by atoms with van der Waals surface area (Å²) in [5.41, 5.74) is 22.4. The highest BCUT2D eigenvalue weighted by Crippen LogP contribution is 2.55. The van der Waals surface area contributed by atoms with E-state index in [0.717, 1.165) is 28.1 Å². The van der Waals surface area contributed by atoms with Crippen LogP contribution in [0.5, 0.6) is 0 Å². The van der Waals surface area contributed by atoms with E-state index >= 15 is 0 Å². The molecule has 1 heterocycles. The number of rotatable bonds is 5. The first kappa shape index (κ1) is 37.7. The number of nitrogens with zero attached hydrogens (tertiary/aromatic N) is 2. The van der Waals surface area contributed by atoms with Gasteiger partial charge in [-0.05, 0) is 136 Å². The molecule has 1 aromatic heterocycles. The van der Waals surface area contributed by atoms with Gasteiger partial charge in [0.2, 0.25) is 0 Å². The van der Waals surface area contributed by atoms with E-state index in [4.69, 9.17) is 4.98 Å². The van der Waals surface area contributed by atoms with E-state index in [-0.39, 0.29) is 10.8 Å². The minimum absolute atomic E-state index is 0.0880. The van der Waals surface area contributed by atoms with Gasteiger partial charge in [-0.15, -0.1) is 0 Å². The predicted octanol–water partition coefficient (Wildman–Crippen LogP) is 16.6. The molecule has 2 aliphatic rings. The van der Waals surface area contributed by atoms with Gasteiger partial charge in [-0.3, -0.25) is 4.57 Å². The first-order valence-electron chi connectivity index (χ1n) is 22.9. The summed E-state index contributed by atoms with van der Waals surface area (Å²) in [6, 6.07) is 76.5. The quantitative estimate of drug-likeness (QED) is 0.158. The molecule has 0 amide bonds. The molecule has 0 radical (unpaired) electrons. The van der Waals surface area contributed by atoms with Gasteiger partial charge in [-0.2, -0.15) is 0 Å². The Labute approximate surface area is 380 Å². The highest BCUT2D eigenvalue weighted by molar-refractivity contribution is 6.23. The summed E-state index contributed by atoms with van der Waals surface area (Å²) in [6.07, 6.45) is 0. The van der Waals surface area contributed by atoms with E-state index < -0.39 is 0 Å². The number of hydrogen-bond donors (Lipinski definition) is 0. The highest BCUT2D eigenvalue weighted by Gasteiger charge is 2.38. The Morgan fingerprint density at radius 1 is 0.338 bits per heavy atom. The second-order valence-corrected chi connectivity index (χ2v) is 19.1.